The van der Waals surface area contributed by atoms with Gasteiger partial charge in [-0.15, -0.1) is 0 Å². The number of ether oxygens (including phenoxy) is 1. The molecule has 1 heterocycles. The zero-order valence-corrected chi connectivity index (χ0v) is 24.7. The number of urea groups is 1. The van der Waals surface area contributed by atoms with Crippen LogP contribution in [-0.4, -0.2) is 40.1 Å². The van der Waals surface area contributed by atoms with Gasteiger partial charge in [0.2, 0.25) is 5.91 Å². The lowest BCUT2D eigenvalue weighted by Gasteiger charge is -2.24. The number of hydrogen-bond donors (Lipinski definition) is 2. The molecule has 2 N–H and O–H groups in total. The summed E-state index contributed by atoms with van der Waals surface area (Å²) in [5.74, 6) is 0.988. The van der Waals surface area contributed by atoms with Crippen molar-refractivity contribution in [1.29, 1.82) is 5.26 Å². The van der Waals surface area contributed by atoms with Gasteiger partial charge in [-0.1, -0.05) is 45.0 Å². The molecule has 9 nitrogen and oxygen atoms in total. The van der Waals surface area contributed by atoms with Crippen molar-refractivity contribution in [2.45, 2.75) is 72.3 Å². The lowest BCUT2D eigenvalue weighted by atomic mass is 9.87. The normalized spacial score (nSPS) is 10.9. The maximum absolute atomic E-state index is 12.8. The van der Waals surface area contributed by atoms with E-state index in [1.54, 1.807) is 6.20 Å². The van der Waals surface area contributed by atoms with Crippen LogP contribution in [0.4, 0.5) is 4.79 Å². The lowest BCUT2D eigenvalue weighted by molar-refractivity contribution is -0.125. The molecule has 0 aliphatic rings. The first-order valence-corrected chi connectivity index (χ1v) is 14.0. The van der Waals surface area contributed by atoms with E-state index in [1.165, 1.54) is 10.6 Å². The van der Waals surface area contributed by atoms with Crippen molar-refractivity contribution in [3.05, 3.63) is 77.1 Å². The Balaban J connectivity index is 1.61. The van der Waals surface area contributed by atoms with Gasteiger partial charge in [0.15, 0.2) is 5.82 Å². The minimum Gasteiger partial charge on any atom is -0.494 e. The van der Waals surface area contributed by atoms with Crippen molar-refractivity contribution in [2.24, 2.45) is 0 Å². The second-order valence-electron chi connectivity index (χ2n) is 10.7. The molecule has 216 valence electrons. The van der Waals surface area contributed by atoms with E-state index in [1.807, 2.05) is 50.2 Å². The molecule has 0 bridgehead atoms. The molecular formula is C32H40N6O3. The molecule has 3 rings (SSSR count). The van der Waals surface area contributed by atoms with Crippen LogP contribution < -0.4 is 15.5 Å². The molecule has 41 heavy (non-hydrogen) atoms. The van der Waals surface area contributed by atoms with E-state index in [-0.39, 0.29) is 36.7 Å². The monoisotopic (exact) mass is 556 g/mol. The summed E-state index contributed by atoms with van der Waals surface area (Å²) in [6, 6.07) is 17.3. The van der Waals surface area contributed by atoms with Crippen LogP contribution in [0, 0.1) is 11.3 Å². The predicted molar refractivity (Wildman–Crippen MR) is 159 cm³/mol. The number of rotatable bonds is 11. The van der Waals surface area contributed by atoms with Crippen LogP contribution in [0.25, 0.3) is 11.4 Å². The Hall–Kier alpha value is -4.45. The number of nitrogens with zero attached hydrogens (tertiary/aromatic N) is 4. The number of benzene rings is 2. The second-order valence-corrected chi connectivity index (χ2v) is 10.7. The Morgan fingerprint density at radius 1 is 1.07 bits per heavy atom. The van der Waals surface area contributed by atoms with Gasteiger partial charge in [0.1, 0.15) is 5.75 Å². The predicted octanol–water partition coefficient (Wildman–Crippen LogP) is 5.49. The zero-order chi connectivity index (χ0) is 29.8. The number of carbonyl (C=O) groups is 2. The summed E-state index contributed by atoms with van der Waals surface area (Å²) in [7, 11) is 0. The third-order valence-corrected chi connectivity index (χ3v) is 6.43. The highest BCUT2D eigenvalue weighted by atomic mass is 16.5. The Morgan fingerprint density at radius 3 is 2.49 bits per heavy atom. The van der Waals surface area contributed by atoms with Gasteiger partial charge in [-0.05, 0) is 67.5 Å². The van der Waals surface area contributed by atoms with E-state index in [2.05, 4.69) is 59.7 Å². The molecule has 2 aromatic carbocycles. The van der Waals surface area contributed by atoms with E-state index in [0.29, 0.717) is 37.6 Å². The lowest BCUT2D eigenvalue weighted by Crippen LogP contribution is -2.50. The minimum atomic E-state index is -0.354. The highest BCUT2D eigenvalue weighted by molar-refractivity contribution is 5.81. The fraction of sp³-hybridized carbons (Fsp3) is 0.406. The summed E-state index contributed by atoms with van der Waals surface area (Å²) in [5, 5.41) is 13.3. The van der Waals surface area contributed by atoms with E-state index < -0.39 is 0 Å². The fourth-order valence-electron chi connectivity index (χ4n) is 4.25. The molecule has 0 spiro atoms. The smallest absolute Gasteiger partial charge is 0.336 e. The highest BCUT2D eigenvalue weighted by Gasteiger charge is 2.18. The number of aryl methyl sites for hydroxylation is 1. The first-order valence-electron chi connectivity index (χ1n) is 14.0. The summed E-state index contributed by atoms with van der Waals surface area (Å²) in [6.07, 6.45) is 3.27. The molecule has 3 aromatic rings. The van der Waals surface area contributed by atoms with Crippen LogP contribution in [0.5, 0.6) is 5.75 Å². The topological polar surface area (TPSA) is 120 Å². The van der Waals surface area contributed by atoms with Gasteiger partial charge in [-0.2, -0.15) is 5.26 Å². The zero-order valence-electron chi connectivity index (χ0n) is 24.7. The molecule has 0 aliphatic carbocycles. The van der Waals surface area contributed by atoms with Gasteiger partial charge in [0.25, 0.3) is 0 Å². The third-order valence-electron chi connectivity index (χ3n) is 6.43. The summed E-state index contributed by atoms with van der Waals surface area (Å²) in [5.41, 5.74) is 7.31. The van der Waals surface area contributed by atoms with Crippen LogP contribution in [0.15, 0.2) is 54.7 Å². The second kappa shape index (κ2) is 14.8. The summed E-state index contributed by atoms with van der Waals surface area (Å²) in [4.78, 5) is 34.5. The van der Waals surface area contributed by atoms with Gasteiger partial charge in [-0.3, -0.25) is 10.2 Å². The average molecular weight is 557 g/mol. The Morgan fingerprint density at radius 2 is 1.83 bits per heavy atom. The molecule has 0 aliphatic heterocycles. The largest absolute Gasteiger partial charge is 0.494 e. The molecule has 0 saturated carbocycles. The van der Waals surface area contributed by atoms with E-state index >= 15 is 0 Å². The number of aromatic nitrogens is 2. The standard InChI is InChI=1S/C32H40N6O3/c1-6-34-31(40)38(22-23-11-14-26(15-12-23)32(3,4)5)37-29(39)10-8-9-27-18-20-35-30(36-27)25-13-16-28(41-7-2)24(21-25)17-19-33/h11-16,18,20-21H,6-10,17,22H2,1-5H3,(H,34,40)(H,37,39). The van der Waals surface area contributed by atoms with E-state index in [0.717, 1.165) is 22.4 Å². The van der Waals surface area contributed by atoms with Crippen molar-refractivity contribution < 1.29 is 14.3 Å². The number of nitriles is 1. The van der Waals surface area contributed by atoms with Gasteiger partial charge in [-0.25, -0.2) is 19.8 Å². The van der Waals surface area contributed by atoms with Crippen molar-refractivity contribution in [2.75, 3.05) is 13.2 Å². The SMILES string of the molecule is CCNC(=O)N(Cc1ccc(C(C)(C)C)cc1)NC(=O)CCCc1ccnc(-c2ccc(OCC)c(CC#N)c2)n1. The molecule has 0 atom stereocenters. The van der Waals surface area contributed by atoms with E-state index in [9.17, 15) is 14.9 Å². The maximum atomic E-state index is 12.8. The molecule has 0 unspecified atom stereocenters. The summed E-state index contributed by atoms with van der Waals surface area (Å²) >= 11 is 0. The van der Waals surface area contributed by atoms with Gasteiger partial charge >= 0.3 is 6.03 Å². The number of nitrogens with one attached hydrogen (secondary N) is 2. The van der Waals surface area contributed by atoms with Gasteiger partial charge < -0.3 is 10.1 Å². The quantitative estimate of drug-likeness (QED) is 0.301. The van der Waals surface area contributed by atoms with Crippen LogP contribution in [0.1, 0.15) is 69.8 Å². The van der Waals surface area contributed by atoms with Crippen molar-refractivity contribution in [1.82, 2.24) is 25.7 Å². The molecule has 3 amide bonds. The molecule has 1 aromatic heterocycles. The highest BCUT2D eigenvalue weighted by Crippen LogP contribution is 2.26. The maximum Gasteiger partial charge on any atom is 0.336 e. The first-order chi connectivity index (χ1) is 19.6. The fourth-order valence-corrected chi connectivity index (χ4v) is 4.25. The van der Waals surface area contributed by atoms with Crippen LogP contribution in [0.3, 0.4) is 0 Å². The van der Waals surface area contributed by atoms with Crippen LogP contribution >= 0.6 is 0 Å². The summed E-state index contributed by atoms with van der Waals surface area (Å²) < 4.78 is 5.63. The van der Waals surface area contributed by atoms with Crippen LogP contribution in [0.2, 0.25) is 0 Å². The number of carbonyl (C=O) groups excluding carboxylic acids is 2. The Labute approximate surface area is 242 Å². The van der Waals surface area contributed by atoms with Crippen LogP contribution in [-0.2, 0) is 29.6 Å². The third kappa shape index (κ3) is 9.31. The Kier molecular flexibility index (Phi) is 11.2. The molecule has 9 heteroatoms. The van der Waals surface area contributed by atoms with E-state index in [4.69, 9.17) is 4.74 Å². The van der Waals surface area contributed by atoms with Gasteiger partial charge in [0, 0.05) is 36.0 Å². The molecule has 0 radical (unpaired) electrons. The van der Waals surface area contributed by atoms with Crippen molar-refractivity contribution in [3.8, 4) is 23.2 Å². The number of hydrazine groups is 1. The van der Waals surface area contributed by atoms with Crippen molar-refractivity contribution >= 4 is 11.9 Å². The molecule has 0 saturated heterocycles. The number of amides is 3. The molecule has 0 fully saturated rings. The summed E-state index contributed by atoms with van der Waals surface area (Å²) in [6.45, 7) is 11.4. The Bertz CT molecular complexity index is 1360. The van der Waals surface area contributed by atoms with Gasteiger partial charge in [0.05, 0.1) is 25.6 Å². The minimum absolute atomic E-state index is 0.0327. The first kappa shape index (κ1) is 31.1. The molecular weight excluding hydrogens is 516 g/mol. The average Bonchev–Trinajstić information content (AvgIpc) is 2.94. The number of hydrogen-bond acceptors (Lipinski definition) is 6. The van der Waals surface area contributed by atoms with Crippen molar-refractivity contribution in [3.63, 3.8) is 0 Å².